The molecule has 1 aliphatic heterocycles. The summed E-state index contributed by atoms with van der Waals surface area (Å²) in [4.78, 5) is 45.3. The second-order valence-electron chi connectivity index (χ2n) is 7.73. The van der Waals surface area contributed by atoms with Crippen LogP contribution >= 0.6 is 22.7 Å². The van der Waals surface area contributed by atoms with Crippen LogP contribution in [0.2, 0.25) is 0 Å². The Labute approximate surface area is 177 Å². The first kappa shape index (κ1) is 20.0. The van der Waals surface area contributed by atoms with Gasteiger partial charge in [0.25, 0.3) is 5.91 Å². The lowest BCUT2D eigenvalue weighted by molar-refractivity contribution is -0.137. The average molecular weight is 433 g/mol. The summed E-state index contributed by atoms with van der Waals surface area (Å²) < 4.78 is 0. The Bertz CT molecular complexity index is 953. The number of hydrogen-bond acceptors (Lipinski definition) is 6. The predicted octanol–water partition coefficient (Wildman–Crippen LogP) is 3.30. The largest absolute Gasteiger partial charge is 0.350 e. The molecule has 1 spiro atoms. The van der Waals surface area contributed by atoms with Crippen molar-refractivity contribution in [3.05, 3.63) is 27.4 Å². The maximum Gasteiger partial charge on any atom is 0.325 e. The number of rotatable bonds is 5. The number of nitrogens with one attached hydrogen (secondary N) is 2. The van der Waals surface area contributed by atoms with Gasteiger partial charge in [0.2, 0.25) is 5.91 Å². The minimum Gasteiger partial charge on any atom is -0.350 e. The molecule has 4 amide bonds. The van der Waals surface area contributed by atoms with E-state index in [2.05, 4.69) is 15.6 Å². The Morgan fingerprint density at radius 2 is 2.21 bits per heavy atom. The number of thiazole rings is 1. The minimum atomic E-state index is -0.829. The molecule has 0 aromatic carbocycles. The molecule has 29 heavy (non-hydrogen) atoms. The summed E-state index contributed by atoms with van der Waals surface area (Å²) in [6, 6.07) is 3.49. The lowest BCUT2D eigenvalue weighted by Gasteiger charge is -2.36. The van der Waals surface area contributed by atoms with Crippen molar-refractivity contribution < 1.29 is 14.4 Å². The third-order valence-corrected chi connectivity index (χ3v) is 7.68. The molecule has 1 aliphatic carbocycles. The van der Waals surface area contributed by atoms with E-state index in [0.717, 1.165) is 44.6 Å². The van der Waals surface area contributed by atoms with E-state index in [-0.39, 0.29) is 24.3 Å². The Hall–Kier alpha value is -2.26. The van der Waals surface area contributed by atoms with Crippen LogP contribution in [0.15, 0.2) is 17.5 Å². The van der Waals surface area contributed by atoms with Crippen molar-refractivity contribution in [3.8, 4) is 10.6 Å². The lowest BCUT2D eigenvalue weighted by Crippen LogP contribution is -2.54. The molecule has 4 rings (SSSR count). The fourth-order valence-corrected chi connectivity index (χ4v) is 5.71. The smallest absolute Gasteiger partial charge is 0.325 e. The highest BCUT2D eigenvalue weighted by Gasteiger charge is 2.55. The second kappa shape index (κ2) is 7.87. The molecule has 2 aromatic rings. The van der Waals surface area contributed by atoms with Gasteiger partial charge < -0.3 is 10.6 Å². The summed E-state index contributed by atoms with van der Waals surface area (Å²) in [6.45, 7) is 4.08. The Morgan fingerprint density at radius 1 is 1.38 bits per heavy atom. The number of carbonyl (C=O) groups is 3. The predicted molar refractivity (Wildman–Crippen MR) is 113 cm³/mol. The van der Waals surface area contributed by atoms with Crippen molar-refractivity contribution in [1.82, 2.24) is 20.5 Å². The van der Waals surface area contributed by atoms with Gasteiger partial charge in [0.05, 0.1) is 22.1 Å². The van der Waals surface area contributed by atoms with Crippen molar-refractivity contribution in [2.45, 2.75) is 51.6 Å². The van der Waals surface area contributed by atoms with E-state index in [1.807, 2.05) is 31.4 Å². The molecule has 3 heterocycles. The number of aromatic nitrogens is 1. The molecule has 2 atom stereocenters. The van der Waals surface area contributed by atoms with Gasteiger partial charge in [-0.15, -0.1) is 22.7 Å². The first-order valence-electron chi connectivity index (χ1n) is 9.81. The van der Waals surface area contributed by atoms with Crippen LogP contribution in [-0.4, -0.2) is 39.8 Å². The highest BCUT2D eigenvalue weighted by atomic mass is 32.1. The first-order chi connectivity index (χ1) is 13.9. The number of aryl methyl sites for hydroxylation is 1. The second-order valence-corrected chi connectivity index (χ2v) is 9.96. The van der Waals surface area contributed by atoms with Crippen molar-refractivity contribution >= 4 is 40.5 Å². The van der Waals surface area contributed by atoms with Gasteiger partial charge >= 0.3 is 6.03 Å². The van der Waals surface area contributed by atoms with Crippen LogP contribution in [0.1, 0.15) is 42.5 Å². The van der Waals surface area contributed by atoms with Gasteiger partial charge in [0, 0.05) is 10.3 Å². The molecule has 154 valence electrons. The van der Waals surface area contributed by atoms with Gasteiger partial charge in [-0.2, -0.15) is 0 Å². The summed E-state index contributed by atoms with van der Waals surface area (Å²) in [5, 5.41) is 8.73. The number of imide groups is 1. The van der Waals surface area contributed by atoms with Crippen LogP contribution in [0.25, 0.3) is 10.6 Å². The van der Waals surface area contributed by atoms with Crippen LogP contribution in [0.4, 0.5) is 4.79 Å². The SMILES string of the molecule is Cc1nc(-c2ccc(CNC(=O)CN3C(=O)N[C@@]4(CCCC[C@@H]4C)C3=O)s2)cs1. The summed E-state index contributed by atoms with van der Waals surface area (Å²) in [7, 11) is 0. The molecular formula is C20H24N4O3S2. The Balaban J connectivity index is 1.35. The molecule has 2 fully saturated rings. The zero-order valence-electron chi connectivity index (χ0n) is 16.5. The highest BCUT2D eigenvalue weighted by molar-refractivity contribution is 7.16. The normalized spacial score (nSPS) is 24.2. The Kier molecular flexibility index (Phi) is 5.44. The Morgan fingerprint density at radius 3 is 2.93 bits per heavy atom. The summed E-state index contributed by atoms with van der Waals surface area (Å²) in [6.07, 6.45) is 3.53. The van der Waals surface area contributed by atoms with Crippen molar-refractivity contribution in [2.75, 3.05) is 6.54 Å². The molecule has 1 saturated carbocycles. The van der Waals surface area contributed by atoms with Gasteiger partial charge in [0.1, 0.15) is 12.1 Å². The lowest BCUT2D eigenvalue weighted by atomic mass is 9.73. The van der Waals surface area contributed by atoms with E-state index in [9.17, 15) is 14.4 Å². The number of nitrogens with zero attached hydrogens (tertiary/aromatic N) is 2. The van der Waals surface area contributed by atoms with Gasteiger partial charge in [0.15, 0.2) is 0 Å². The van der Waals surface area contributed by atoms with Crippen LogP contribution in [-0.2, 0) is 16.1 Å². The average Bonchev–Trinajstić information content (AvgIpc) is 3.39. The monoisotopic (exact) mass is 432 g/mol. The highest BCUT2D eigenvalue weighted by Crippen LogP contribution is 2.38. The first-order valence-corrected chi connectivity index (χ1v) is 11.5. The molecular weight excluding hydrogens is 408 g/mol. The van der Waals surface area contributed by atoms with Crippen LogP contribution in [0.3, 0.4) is 0 Å². The number of urea groups is 1. The standard InChI is InChI=1S/C20H24N4O3S2/c1-12-5-3-4-8-20(12)18(26)24(19(27)23-20)10-17(25)21-9-14-6-7-16(29-14)15-11-28-13(2)22-15/h6-7,11-12H,3-5,8-10H2,1-2H3,(H,21,25)(H,23,27)/t12-,20+/m0/s1. The number of carbonyl (C=O) groups excluding carboxylic acids is 3. The van der Waals surface area contributed by atoms with Crippen LogP contribution in [0.5, 0.6) is 0 Å². The van der Waals surface area contributed by atoms with Gasteiger partial charge in [-0.1, -0.05) is 19.8 Å². The van der Waals surface area contributed by atoms with Gasteiger partial charge in [-0.3, -0.25) is 14.5 Å². The van der Waals surface area contributed by atoms with E-state index >= 15 is 0 Å². The number of amides is 4. The molecule has 1 saturated heterocycles. The van der Waals surface area contributed by atoms with E-state index in [1.54, 1.807) is 22.7 Å². The maximum atomic E-state index is 12.9. The fraction of sp³-hybridized carbons (Fsp3) is 0.500. The summed E-state index contributed by atoms with van der Waals surface area (Å²) in [5.74, 6) is -0.518. The van der Waals surface area contributed by atoms with Crippen LogP contribution < -0.4 is 10.6 Å². The van der Waals surface area contributed by atoms with Crippen molar-refractivity contribution in [1.29, 1.82) is 0 Å². The van der Waals surface area contributed by atoms with Crippen LogP contribution in [0, 0.1) is 12.8 Å². The van der Waals surface area contributed by atoms with Crippen molar-refractivity contribution in [2.24, 2.45) is 5.92 Å². The number of hydrogen-bond donors (Lipinski definition) is 2. The van der Waals surface area contributed by atoms with Crippen molar-refractivity contribution in [3.63, 3.8) is 0 Å². The van der Waals surface area contributed by atoms with E-state index in [1.165, 1.54) is 0 Å². The van der Waals surface area contributed by atoms with E-state index in [0.29, 0.717) is 13.0 Å². The number of thiophene rings is 1. The van der Waals surface area contributed by atoms with Gasteiger partial charge in [-0.05, 0) is 37.8 Å². The quantitative estimate of drug-likeness (QED) is 0.709. The van der Waals surface area contributed by atoms with E-state index in [4.69, 9.17) is 0 Å². The molecule has 7 nitrogen and oxygen atoms in total. The topological polar surface area (TPSA) is 91.4 Å². The zero-order valence-corrected chi connectivity index (χ0v) is 18.1. The minimum absolute atomic E-state index is 0.0830. The molecule has 0 unspecified atom stereocenters. The zero-order chi connectivity index (χ0) is 20.6. The molecule has 2 N–H and O–H groups in total. The molecule has 2 aromatic heterocycles. The third kappa shape index (κ3) is 3.81. The maximum absolute atomic E-state index is 12.9. The van der Waals surface area contributed by atoms with Gasteiger partial charge in [-0.25, -0.2) is 9.78 Å². The summed E-state index contributed by atoms with van der Waals surface area (Å²) in [5.41, 5.74) is 0.116. The molecule has 0 radical (unpaired) electrons. The molecule has 2 aliphatic rings. The molecule has 9 heteroatoms. The molecule has 0 bridgehead atoms. The summed E-state index contributed by atoms with van der Waals surface area (Å²) >= 11 is 3.18. The fourth-order valence-electron chi connectivity index (χ4n) is 4.11. The van der Waals surface area contributed by atoms with E-state index < -0.39 is 11.6 Å². The third-order valence-electron chi connectivity index (χ3n) is 5.80.